The number of hydrogen-bond acceptors (Lipinski definition) is 10. The molecule has 0 aromatic heterocycles. The van der Waals surface area contributed by atoms with E-state index < -0.39 is 13.6 Å². The van der Waals surface area contributed by atoms with Crippen LogP contribution in [0.4, 0.5) is 0 Å². The Morgan fingerprint density at radius 1 is 1.12 bits per heavy atom. The predicted molar refractivity (Wildman–Crippen MR) is 120 cm³/mol. The number of rotatable bonds is 18. The van der Waals surface area contributed by atoms with Gasteiger partial charge in [0.2, 0.25) is 6.29 Å². The predicted octanol–water partition coefficient (Wildman–Crippen LogP) is 2.93. The van der Waals surface area contributed by atoms with Crippen molar-refractivity contribution in [3.05, 3.63) is 12.2 Å². The standard InChI is InChI=1S/C22H37O10P/c1-17(32-22(25)14-23)8-6-5-7-9-18-12-19(31-16-30-11-10-27-2)13-20(18)21(24)15-33(26,28-3)29-4/h7,9,14,17-20H,5-6,8,10-13,15-16H2,1-4H3/b9-7+/t17-,18+,19-,20+/m0/s1. The summed E-state index contributed by atoms with van der Waals surface area (Å²) in [4.78, 5) is 34.2. The lowest BCUT2D eigenvalue weighted by molar-refractivity contribution is -0.152. The lowest BCUT2D eigenvalue weighted by Gasteiger charge is -2.18. The van der Waals surface area contributed by atoms with E-state index in [2.05, 4.69) is 0 Å². The van der Waals surface area contributed by atoms with Crippen LogP contribution in [-0.4, -0.2) is 77.7 Å². The van der Waals surface area contributed by atoms with Crippen LogP contribution < -0.4 is 0 Å². The number of ketones is 1. The summed E-state index contributed by atoms with van der Waals surface area (Å²) in [6.07, 6.45) is 6.57. The molecule has 0 bridgehead atoms. The van der Waals surface area contributed by atoms with Gasteiger partial charge in [-0.2, -0.15) is 0 Å². The van der Waals surface area contributed by atoms with Crippen LogP contribution in [-0.2, 0) is 46.9 Å². The average molecular weight is 493 g/mol. The van der Waals surface area contributed by atoms with E-state index in [1.165, 1.54) is 14.2 Å². The van der Waals surface area contributed by atoms with Crippen molar-refractivity contribution in [2.45, 2.75) is 51.2 Å². The number of aldehydes is 1. The highest BCUT2D eigenvalue weighted by Crippen LogP contribution is 2.48. The first-order valence-corrected chi connectivity index (χ1v) is 12.7. The van der Waals surface area contributed by atoms with Crippen molar-refractivity contribution in [1.82, 2.24) is 0 Å². The number of unbranched alkanes of at least 4 members (excludes halogenated alkanes) is 1. The molecule has 0 N–H and O–H groups in total. The average Bonchev–Trinajstić information content (AvgIpc) is 3.21. The van der Waals surface area contributed by atoms with Crippen molar-refractivity contribution < 1.29 is 46.9 Å². The van der Waals surface area contributed by atoms with E-state index in [0.29, 0.717) is 32.5 Å². The van der Waals surface area contributed by atoms with Gasteiger partial charge in [0.15, 0.2) is 0 Å². The molecule has 33 heavy (non-hydrogen) atoms. The summed E-state index contributed by atoms with van der Waals surface area (Å²) in [7, 11) is 0.666. The van der Waals surface area contributed by atoms with E-state index in [4.69, 9.17) is 28.0 Å². The van der Waals surface area contributed by atoms with Crippen LogP contribution in [0.3, 0.4) is 0 Å². The van der Waals surface area contributed by atoms with Crippen LogP contribution in [0.15, 0.2) is 12.2 Å². The van der Waals surface area contributed by atoms with Gasteiger partial charge in [0.25, 0.3) is 0 Å². The number of carbonyl (C=O) groups is 3. The molecule has 1 aliphatic rings. The van der Waals surface area contributed by atoms with Gasteiger partial charge in [-0.15, -0.1) is 0 Å². The van der Waals surface area contributed by atoms with E-state index >= 15 is 0 Å². The lowest BCUT2D eigenvalue weighted by Crippen LogP contribution is -2.22. The monoisotopic (exact) mass is 492 g/mol. The second kappa shape index (κ2) is 16.2. The minimum absolute atomic E-state index is 0.0750. The van der Waals surface area contributed by atoms with E-state index in [-0.39, 0.29) is 49.1 Å². The quantitative estimate of drug-likeness (QED) is 0.0536. The molecule has 0 unspecified atom stereocenters. The number of Topliss-reactive ketones (excluding diaryl/α,β-unsaturated/α-hetero) is 1. The zero-order valence-electron chi connectivity index (χ0n) is 19.9. The summed E-state index contributed by atoms with van der Waals surface area (Å²) >= 11 is 0. The third kappa shape index (κ3) is 11.5. The van der Waals surface area contributed by atoms with Gasteiger partial charge in [-0.1, -0.05) is 12.2 Å². The van der Waals surface area contributed by atoms with Gasteiger partial charge in [-0.3, -0.25) is 14.2 Å². The van der Waals surface area contributed by atoms with E-state index in [1.807, 2.05) is 12.2 Å². The van der Waals surface area contributed by atoms with Gasteiger partial charge in [-0.25, -0.2) is 4.79 Å². The Balaban J connectivity index is 2.64. The molecule has 0 saturated heterocycles. The number of ether oxygens (including phenoxy) is 4. The van der Waals surface area contributed by atoms with Crippen molar-refractivity contribution in [2.75, 3.05) is 47.5 Å². The fraction of sp³-hybridized carbons (Fsp3) is 0.773. The summed E-state index contributed by atoms with van der Waals surface area (Å²) < 4.78 is 43.3. The Hall–Kier alpha value is -1.42. The van der Waals surface area contributed by atoms with E-state index in [0.717, 1.165) is 12.8 Å². The van der Waals surface area contributed by atoms with Crippen LogP contribution in [0.2, 0.25) is 0 Å². The van der Waals surface area contributed by atoms with Crippen molar-refractivity contribution in [1.29, 1.82) is 0 Å². The van der Waals surface area contributed by atoms with Crippen LogP contribution in [0.1, 0.15) is 39.0 Å². The Kier molecular flexibility index (Phi) is 14.6. The van der Waals surface area contributed by atoms with Crippen molar-refractivity contribution >= 4 is 25.6 Å². The summed E-state index contributed by atoms with van der Waals surface area (Å²) in [5, 5.41) is 0. The smallest absolute Gasteiger partial charge is 0.371 e. The first kappa shape index (κ1) is 29.6. The molecule has 0 radical (unpaired) electrons. The van der Waals surface area contributed by atoms with Crippen molar-refractivity contribution in [3.8, 4) is 0 Å². The Bertz CT molecular complexity index is 672. The molecule has 190 valence electrons. The molecule has 1 rings (SSSR count). The molecule has 0 spiro atoms. The first-order valence-electron chi connectivity index (χ1n) is 11.0. The fourth-order valence-electron chi connectivity index (χ4n) is 3.68. The number of methoxy groups -OCH3 is 1. The van der Waals surface area contributed by atoms with Gasteiger partial charge in [0, 0.05) is 27.2 Å². The van der Waals surface area contributed by atoms with Crippen LogP contribution in [0.5, 0.6) is 0 Å². The molecule has 0 aromatic carbocycles. The first-order chi connectivity index (χ1) is 15.8. The van der Waals surface area contributed by atoms with Crippen molar-refractivity contribution in [2.24, 2.45) is 11.8 Å². The van der Waals surface area contributed by atoms with Gasteiger partial charge in [-0.05, 0) is 44.9 Å². The van der Waals surface area contributed by atoms with Crippen molar-refractivity contribution in [3.63, 3.8) is 0 Å². The molecular formula is C22H37O10P. The molecule has 0 heterocycles. The molecule has 1 aliphatic carbocycles. The zero-order valence-corrected chi connectivity index (χ0v) is 20.8. The maximum Gasteiger partial charge on any atom is 0.371 e. The van der Waals surface area contributed by atoms with Gasteiger partial charge in [0.1, 0.15) is 18.7 Å². The maximum absolute atomic E-state index is 12.9. The van der Waals surface area contributed by atoms with Crippen LogP contribution in [0, 0.1) is 11.8 Å². The molecule has 0 aliphatic heterocycles. The topological polar surface area (TPSA) is 124 Å². The third-order valence-corrected chi connectivity index (χ3v) is 7.30. The minimum atomic E-state index is -3.45. The number of esters is 1. The van der Waals surface area contributed by atoms with Gasteiger partial charge in [0.05, 0.1) is 25.4 Å². The van der Waals surface area contributed by atoms with E-state index in [9.17, 15) is 18.9 Å². The molecule has 0 aromatic rings. The highest BCUT2D eigenvalue weighted by atomic mass is 31.2. The second-order valence-corrected chi connectivity index (χ2v) is 10.1. The number of carbonyl (C=O) groups excluding carboxylic acids is 3. The number of allylic oxidation sites excluding steroid dienone is 2. The highest BCUT2D eigenvalue weighted by Gasteiger charge is 2.40. The maximum atomic E-state index is 12.9. The summed E-state index contributed by atoms with van der Waals surface area (Å²) in [5.74, 6) is -1.49. The molecule has 1 saturated carbocycles. The molecular weight excluding hydrogens is 455 g/mol. The van der Waals surface area contributed by atoms with E-state index in [1.54, 1.807) is 14.0 Å². The molecule has 10 nitrogen and oxygen atoms in total. The SMILES string of the molecule is COCCOCO[C@H]1C[C@@H](/C=C/CCC[C@H](C)OC(=O)C=O)[C@H](C(=O)CP(=O)(OC)OC)C1. The highest BCUT2D eigenvalue weighted by molar-refractivity contribution is 7.54. The Morgan fingerprint density at radius 3 is 2.48 bits per heavy atom. The summed E-state index contributed by atoms with van der Waals surface area (Å²) in [5.41, 5.74) is 0. The Morgan fingerprint density at radius 2 is 1.85 bits per heavy atom. The zero-order chi connectivity index (χ0) is 24.7. The minimum Gasteiger partial charge on any atom is -0.457 e. The molecule has 1 fully saturated rings. The van der Waals surface area contributed by atoms with Gasteiger partial charge >= 0.3 is 13.6 Å². The Labute approximate surface area is 195 Å². The fourth-order valence-corrected chi connectivity index (χ4v) is 4.70. The molecule has 11 heteroatoms. The second-order valence-electron chi connectivity index (χ2n) is 7.87. The van der Waals surface area contributed by atoms with Crippen LogP contribution >= 0.6 is 7.60 Å². The van der Waals surface area contributed by atoms with Crippen LogP contribution in [0.25, 0.3) is 0 Å². The third-order valence-electron chi connectivity index (χ3n) is 5.49. The number of hydrogen-bond donors (Lipinski definition) is 0. The summed E-state index contributed by atoms with van der Waals surface area (Å²) in [6.45, 7) is 2.73. The largest absolute Gasteiger partial charge is 0.457 e. The summed E-state index contributed by atoms with van der Waals surface area (Å²) in [6, 6.07) is 0. The normalized spacial score (nSPS) is 21.9. The molecule has 0 amide bonds. The molecule has 4 atom stereocenters. The van der Waals surface area contributed by atoms with Gasteiger partial charge < -0.3 is 28.0 Å². The lowest BCUT2D eigenvalue weighted by atomic mass is 9.92.